The smallest absolute Gasteiger partial charge is 0.408 e. The summed E-state index contributed by atoms with van der Waals surface area (Å²) in [6.45, 7) is 12.1. The zero-order valence-electron chi connectivity index (χ0n) is 21.1. The largest absolute Gasteiger partial charge is 0.463 e. The van der Waals surface area contributed by atoms with E-state index in [-0.39, 0.29) is 17.1 Å². The predicted molar refractivity (Wildman–Crippen MR) is 127 cm³/mol. The topological polar surface area (TPSA) is 129 Å². The number of esters is 1. The van der Waals surface area contributed by atoms with Gasteiger partial charge >= 0.3 is 12.1 Å². The number of benzene rings is 1. The van der Waals surface area contributed by atoms with Crippen molar-refractivity contribution in [1.82, 2.24) is 10.0 Å². The van der Waals surface area contributed by atoms with Crippen LogP contribution in [-0.2, 0) is 33.8 Å². The summed E-state index contributed by atoms with van der Waals surface area (Å²) in [7, 11) is -4.03. The second kappa shape index (κ2) is 9.88. The summed E-state index contributed by atoms with van der Waals surface area (Å²) >= 11 is 0. The number of hydrogen-bond donors (Lipinski definition) is 2. The number of alkyl carbamates (subject to hydrolysis) is 1. The third-order valence-electron chi connectivity index (χ3n) is 5.35. The molecule has 2 N–H and O–H groups in total. The highest BCUT2D eigenvalue weighted by Crippen LogP contribution is 2.38. The van der Waals surface area contributed by atoms with Gasteiger partial charge in [0.15, 0.2) is 5.79 Å². The first-order valence-corrected chi connectivity index (χ1v) is 12.9. The van der Waals surface area contributed by atoms with Gasteiger partial charge in [-0.2, -0.15) is 0 Å². The molecular weight excluding hydrogens is 476 g/mol. The van der Waals surface area contributed by atoms with Gasteiger partial charge in [0.1, 0.15) is 17.8 Å². The summed E-state index contributed by atoms with van der Waals surface area (Å²) in [6, 6.07) is 4.34. The lowest BCUT2D eigenvalue weighted by molar-refractivity contribution is -0.148. The van der Waals surface area contributed by atoms with Crippen molar-refractivity contribution in [2.24, 2.45) is 0 Å². The first-order valence-electron chi connectivity index (χ1n) is 11.4. The van der Waals surface area contributed by atoms with E-state index in [1.807, 2.05) is 6.92 Å². The summed E-state index contributed by atoms with van der Waals surface area (Å²) in [5.41, 5.74) is 0.248. The lowest BCUT2D eigenvalue weighted by atomic mass is 9.86. The number of sulfonamides is 1. The van der Waals surface area contributed by atoms with Crippen LogP contribution < -0.4 is 10.0 Å². The molecule has 1 aromatic rings. The standard InChI is InChI=1S/C24H34N2O8S/c1-8-31-21(27)16-13-17(25-22(28)34-23(3,4)5)18(20-19(16)32-24(6,7)33-20)26-35(29,30)15-11-9-14(2)10-12-15/h9-13,17-20,26H,8H2,1-7H3,(H,25,28)/t17-,18+,19+,20-/m0/s1. The molecule has 3 rings (SSSR count). The van der Waals surface area contributed by atoms with E-state index in [0.717, 1.165) is 5.56 Å². The fourth-order valence-electron chi connectivity index (χ4n) is 3.97. The number of nitrogens with one attached hydrogen (secondary N) is 2. The molecule has 194 valence electrons. The van der Waals surface area contributed by atoms with Gasteiger partial charge in [0, 0.05) is 0 Å². The highest BCUT2D eigenvalue weighted by molar-refractivity contribution is 7.89. The van der Waals surface area contributed by atoms with Crippen molar-refractivity contribution in [3.05, 3.63) is 41.5 Å². The fourth-order valence-corrected chi connectivity index (χ4v) is 5.24. The van der Waals surface area contributed by atoms with Crippen LogP contribution in [0.3, 0.4) is 0 Å². The minimum Gasteiger partial charge on any atom is -0.463 e. The normalized spacial score (nSPS) is 25.9. The van der Waals surface area contributed by atoms with Crippen LogP contribution in [0.25, 0.3) is 0 Å². The van der Waals surface area contributed by atoms with Gasteiger partial charge in [0.25, 0.3) is 0 Å². The average molecular weight is 511 g/mol. The zero-order valence-corrected chi connectivity index (χ0v) is 21.9. The summed E-state index contributed by atoms with van der Waals surface area (Å²) in [4.78, 5) is 25.4. The molecule has 0 spiro atoms. The van der Waals surface area contributed by atoms with Gasteiger partial charge in [-0.3, -0.25) is 0 Å². The minimum absolute atomic E-state index is 0.0500. The number of carbonyl (C=O) groups is 2. The molecule has 1 aliphatic heterocycles. The van der Waals surface area contributed by atoms with Gasteiger partial charge in [-0.25, -0.2) is 22.7 Å². The summed E-state index contributed by atoms with van der Waals surface area (Å²) < 4.78 is 51.8. The van der Waals surface area contributed by atoms with Crippen molar-refractivity contribution in [3.8, 4) is 0 Å². The average Bonchev–Trinajstić information content (AvgIpc) is 3.03. The minimum atomic E-state index is -4.03. The van der Waals surface area contributed by atoms with E-state index < -0.39 is 57.8 Å². The van der Waals surface area contributed by atoms with Crippen LogP contribution in [0.2, 0.25) is 0 Å². The molecule has 1 fully saturated rings. The number of amides is 1. The molecule has 0 radical (unpaired) electrons. The monoisotopic (exact) mass is 510 g/mol. The van der Waals surface area contributed by atoms with Crippen LogP contribution in [0.4, 0.5) is 4.79 Å². The number of fused-ring (bicyclic) bond motifs is 1. The van der Waals surface area contributed by atoms with Crippen LogP contribution in [0.1, 0.15) is 47.1 Å². The highest BCUT2D eigenvalue weighted by atomic mass is 32.2. The molecule has 1 saturated heterocycles. The fraction of sp³-hybridized carbons (Fsp3) is 0.583. The Morgan fingerprint density at radius 3 is 2.31 bits per heavy atom. The van der Waals surface area contributed by atoms with Crippen LogP contribution in [0.15, 0.2) is 40.8 Å². The van der Waals surface area contributed by atoms with Gasteiger partial charge in [-0.05, 0) is 66.7 Å². The summed E-state index contributed by atoms with van der Waals surface area (Å²) in [5.74, 6) is -1.76. The Morgan fingerprint density at radius 1 is 1.11 bits per heavy atom. The van der Waals surface area contributed by atoms with E-state index in [0.29, 0.717) is 0 Å². The first kappa shape index (κ1) is 27.1. The maximum Gasteiger partial charge on any atom is 0.408 e. The zero-order chi connectivity index (χ0) is 26.2. The molecule has 0 unspecified atom stereocenters. The van der Waals surface area contributed by atoms with Crippen molar-refractivity contribution in [1.29, 1.82) is 0 Å². The second-order valence-electron chi connectivity index (χ2n) is 10.00. The molecule has 1 heterocycles. The van der Waals surface area contributed by atoms with E-state index in [9.17, 15) is 18.0 Å². The van der Waals surface area contributed by atoms with E-state index in [2.05, 4.69) is 10.0 Å². The Bertz CT molecular complexity index is 1090. The van der Waals surface area contributed by atoms with Crippen molar-refractivity contribution in [3.63, 3.8) is 0 Å². The number of ether oxygens (including phenoxy) is 4. The van der Waals surface area contributed by atoms with E-state index in [1.165, 1.54) is 18.2 Å². The molecule has 1 aromatic carbocycles. The Hall–Kier alpha value is -2.47. The summed E-state index contributed by atoms with van der Waals surface area (Å²) in [6.07, 6.45) is -1.19. The van der Waals surface area contributed by atoms with Gasteiger partial charge in [0.05, 0.1) is 29.2 Å². The lowest BCUT2D eigenvalue weighted by Gasteiger charge is -2.37. The molecule has 0 bridgehead atoms. The van der Waals surface area contributed by atoms with Crippen LogP contribution in [-0.4, -0.2) is 62.8 Å². The van der Waals surface area contributed by atoms with Crippen LogP contribution in [0.5, 0.6) is 0 Å². The predicted octanol–water partition coefficient (Wildman–Crippen LogP) is 2.56. The molecule has 35 heavy (non-hydrogen) atoms. The highest BCUT2D eigenvalue weighted by Gasteiger charge is 2.54. The molecule has 0 aromatic heterocycles. The van der Waals surface area contributed by atoms with Gasteiger partial charge < -0.3 is 24.3 Å². The molecule has 2 aliphatic rings. The second-order valence-corrected chi connectivity index (χ2v) is 11.7. The number of rotatable bonds is 6. The molecule has 10 nitrogen and oxygen atoms in total. The van der Waals surface area contributed by atoms with Crippen molar-refractivity contribution < 1.29 is 37.0 Å². The number of carbonyl (C=O) groups excluding carboxylic acids is 2. The van der Waals surface area contributed by atoms with E-state index >= 15 is 0 Å². The van der Waals surface area contributed by atoms with Crippen LogP contribution >= 0.6 is 0 Å². The quantitative estimate of drug-likeness (QED) is 0.559. The lowest BCUT2D eigenvalue weighted by Crippen LogP contribution is -2.62. The Morgan fingerprint density at radius 2 is 1.74 bits per heavy atom. The number of hydrogen-bond acceptors (Lipinski definition) is 8. The molecule has 0 saturated carbocycles. The van der Waals surface area contributed by atoms with E-state index in [4.69, 9.17) is 18.9 Å². The Labute approximate surface area is 206 Å². The third kappa shape index (κ3) is 6.60. The Kier molecular flexibility index (Phi) is 7.66. The van der Waals surface area contributed by atoms with Crippen molar-refractivity contribution >= 4 is 22.1 Å². The van der Waals surface area contributed by atoms with Crippen molar-refractivity contribution in [2.45, 2.75) is 89.0 Å². The Balaban J connectivity index is 2.03. The first-order chi connectivity index (χ1) is 16.1. The van der Waals surface area contributed by atoms with E-state index in [1.54, 1.807) is 53.7 Å². The maximum absolute atomic E-state index is 13.3. The molecule has 11 heteroatoms. The SMILES string of the molecule is CCOC(=O)C1=C[C@H](NC(=O)OC(C)(C)C)[C@@H](NS(=O)(=O)c2ccc(C)cc2)[C@@H]2OC(C)(C)O[C@H]12. The summed E-state index contributed by atoms with van der Waals surface area (Å²) in [5, 5.41) is 2.67. The molecular formula is C24H34N2O8S. The molecule has 4 atom stereocenters. The molecule has 1 amide bonds. The maximum atomic E-state index is 13.3. The number of aryl methyl sites for hydroxylation is 1. The van der Waals surface area contributed by atoms with Gasteiger partial charge in [-0.1, -0.05) is 17.7 Å². The molecule has 1 aliphatic carbocycles. The third-order valence-corrected chi connectivity index (χ3v) is 6.83. The van der Waals surface area contributed by atoms with Gasteiger partial charge in [0.2, 0.25) is 10.0 Å². The van der Waals surface area contributed by atoms with Gasteiger partial charge in [-0.15, -0.1) is 0 Å². The van der Waals surface area contributed by atoms with Crippen LogP contribution in [0, 0.1) is 6.92 Å². The van der Waals surface area contributed by atoms with Crippen molar-refractivity contribution in [2.75, 3.05) is 6.61 Å².